The topological polar surface area (TPSA) is 73.0 Å². The largest absolute Gasteiger partial charge is 0.339 e. The van der Waals surface area contributed by atoms with Crippen LogP contribution in [-0.2, 0) is 0 Å². The second-order valence-corrected chi connectivity index (χ2v) is 6.50. The molecule has 2 heterocycles. The van der Waals surface area contributed by atoms with E-state index >= 15 is 0 Å². The maximum atomic E-state index is 12.5. The fraction of sp³-hybridized carbons (Fsp3) is 0.529. The Balaban J connectivity index is 1.55. The highest BCUT2D eigenvalue weighted by Gasteiger charge is 2.29. The number of fused-ring (bicyclic) bond motifs is 1. The van der Waals surface area contributed by atoms with Gasteiger partial charge in [0.05, 0.1) is 11.0 Å². The molecule has 2 unspecified atom stereocenters. The van der Waals surface area contributed by atoms with E-state index in [0.29, 0.717) is 23.8 Å². The maximum Gasteiger partial charge on any atom is 0.289 e. The number of para-hydroxylation sites is 2. The van der Waals surface area contributed by atoms with Crippen molar-refractivity contribution < 1.29 is 4.79 Å². The number of hydrazine groups is 1. The van der Waals surface area contributed by atoms with Gasteiger partial charge in [0.2, 0.25) is 0 Å². The fourth-order valence-corrected chi connectivity index (χ4v) is 3.31. The monoisotopic (exact) mass is 315 g/mol. The number of hydrogen-bond donors (Lipinski definition) is 3. The number of benzene rings is 1. The lowest BCUT2D eigenvalue weighted by Gasteiger charge is -2.20. The predicted octanol–water partition coefficient (Wildman–Crippen LogP) is 1.92. The molecule has 1 saturated heterocycles. The highest BCUT2D eigenvalue weighted by Crippen LogP contribution is 2.20. The van der Waals surface area contributed by atoms with Crippen molar-refractivity contribution in [3.05, 3.63) is 30.1 Å². The van der Waals surface area contributed by atoms with Crippen molar-refractivity contribution in [3.63, 3.8) is 0 Å². The molecule has 0 aliphatic carbocycles. The third kappa shape index (κ3) is 3.38. The van der Waals surface area contributed by atoms with Crippen LogP contribution in [0.15, 0.2) is 24.3 Å². The zero-order valence-corrected chi connectivity index (χ0v) is 14.0. The average Bonchev–Trinajstić information content (AvgIpc) is 3.11. The number of rotatable bonds is 5. The van der Waals surface area contributed by atoms with Gasteiger partial charge in [0.25, 0.3) is 5.91 Å². The molecule has 0 bridgehead atoms. The summed E-state index contributed by atoms with van der Waals surface area (Å²) in [4.78, 5) is 21.7. The molecule has 2 aromatic rings. The Morgan fingerprint density at radius 2 is 1.91 bits per heavy atom. The molecule has 0 radical (unpaired) electrons. The van der Waals surface area contributed by atoms with Crippen LogP contribution in [0.2, 0.25) is 0 Å². The summed E-state index contributed by atoms with van der Waals surface area (Å²) in [7, 11) is 1.84. The first kappa shape index (κ1) is 16.0. The van der Waals surface area contributed by atoms with E-state index in [9.17, 15) is 4.79 Å². The third-order valence-electron chi connectivity index (χ3n) is 4.79. The minimum atomic E-state index is -0.0510. The van der Waals surface area contributed by atoms with Gasteiger partial charge in [-0.3, -0.25) is 15.6 Å². The molecule has 6 heteroatoms. The second-order valence-electron chi connectivity index (χ2n) is 6.50. The fourth-order valence-electron chi connectivity index (χ4n) is 3.31. The molecule has 0 saturated carbocycles. The van der Waals surface area contributed by atoms with Crippen LogP contribution < -0.4 is 10.9 Å². The molecular formula is C17H25N5O. The predicted molar refractivity (Wildman–Crippen MR) is 91.0 cm³/mol. The number of nitrogens with one attached hydrogen (secondary N) is 3. The summed E-state index contributed by atoms with van der Waals surface area (Å²) < 4.78 is 0. The molecular weight excluding hydrogens is 290 g/mol. The van der Waals surface area contributed by atoms with Crippen LogP contribution in [0.3, 0.4) is 0 Å². The lowest BCUT2D eigenvalue weighted by atomic mass is 9.91. The molecule has 1 amide bonds. The highest BCUT2D eigenvalue weighted by atomic mass is 16.2. The van der Waals surface area contributed by atoms with Crippen molar-refractivity contribution in [1.82, 2.24) is 25.7 Å². The molecule has 1 aliphatic rings. The SMILES string of the molecule is CC1NNC(C)C1CCCN(C)C(=O)c1nc2ccccc2[nH]1. The maximum absolute atomic E-state index is 12.5. The van der Waals surface area contributed by atoms with E-state index in [-0.39, 0.29) is 5.91 Å². The van der Waals surface area contributed by atoms with Crippen LogP contribution in [0.5, 0.6) is 0 Å². The van der Waals surface area contributed by atoms with Crippen LogP contribution in [0.4, 0.5) is 0 Å². The second kappa shape index (κ2) is 6.68. The number of carbonyl (C=O) groups excluding carboxylic acids is 1. The molecule has 6 nitrogen and oxygen atoms in total. The lowest BCUT2D eigenvalue weighted by molar-refractivity contribution is 0.0780. The Hall–Kier alpha value is -1.92. The van der Waals surface area contributed by atoms with Crippen molar-refractivity contribution in [2.75, 3.05) is 13.6 Å². The Bertz CT molecular complexity index is 639. The van der Waals surface area contributed by atoms with Gasteiger partial charge in [-0.2, -0.15) is 0 Å². The molecule has 0 spiro atoms. The van der Waals surface area contributed by atoms with Gasteiger partial charge in [-0.05, 0) is 44.7 Å². The Morgan fingerprint density at radius 3 is 2.61 bits per heavy atom. The molecule has 3 N–H and O–H groups in total. The van der Waals surface area contributed by atoms with E-state index in [0.717, 1.165) is 30.4 Å². The third-order valence-corrected chi connectivity index (χ3v) is 4.79. The van der Waals surface area contributed by atoms with E-state index in [1.807, 2.05) is 31.3 Å². The van der Waals surface area contributed by atoms with E-state index in [4.69, 9.17) is 0 Å². The van der Waals surface area contributed by atoms with E-state index < -0.39 is 0 Å². The van der Waals surface area contributed by atoms with Gasteiger partial charge in [-0.25, -0.2) is 4.98 Å². The van der Waals surface area contributed by atoms with Gasteiger partial charge >= 0.3 is 0 Å². The van der Waals surface area contributed by atoms with Crippen molar-refractivity contribution >= 4 is 16.9 Å². The Kier molecular flexibility index (Phi) is 4.63. The van der Waals surface area contributed by atoms with Gasteiger partial charge in [0, 0.05) is 25.7 Å². The number of imidazole rings is 1. The summed E-state index contributed by atoms with van der Waals surface area (Å²) in [5, 5.41) is 0. The number of carbonyl (C=O) groups is 1. The highest BCUT2D eigenvalue weighted by molar-refractivity contribution is 5.93. The number of nitrogens with zero attached hydrogens (tertiary/aromatic N) is 2. The standard InChI is InChI=1S/C17H25N5O/c1-11-13(12(2)21-20-11)7-6-10-22(3)17(23)16-18-14-8-4-5-9-15(14)19-16/h4-5,8-9,11-13,20-21H,6-7,10H2,1-3H3,(H,18,19). The summed E-state index contributed by atoms with van der Waals surface area (Å²) in [5.41, 5.74) is 8.28. The quantitative estimate of drug-likeness (QED) is 0.788. The van der Waals surface area contributed by atoms with Gasteiger partial charge in [-0.1, -0.05) is 12.1 Å². The van der Waals surface area contributed by atoms with Crippen LogP contribution in [-0.4, -0.2) is 46.5 Å². The van der Waals surface area contributed by atoms with Crippen LogP contribution in [0.1, 0.15) is 37.3 Å². The lowest BCUT2D eigenvalue weighted by Crippen LogP contribution is -2.30. The van der Waals surface area contributed by atoms with Crippen molar-refractivity contribution in [2.45, 2.75) is 38.8 Å². The van der Waals surface area contributed by atoms with Gasteiger partial charge in [-0.15, -0.1) is 0 Å². The van der Waals surface area contributed by atoms with E-state index in [1.165, 1.54) is 0 Å². The molecule has 1 aromatic carbocycles. The van der Waals surface area contributed by atoms with Crippen LogP contribution >= 0.6 is 0 Å². The zero-order valence-electron chi connectivity index (χ0n) is 14.0. The molecule has 2 atom stereocenters. The number of H-pyrrole nitrogens is 1. The van der Waals surface area contributed by atoms with E-state index in [2.05, 4.69) is 34.7 Å². The zero-order chi connectivity index (χ0) is 16.4. The van der Waals surface area contributed by atoms with Crippen molar-refractivity contribution in [1.29, 1.82) is 0 Å². The summed E-state index contributed by atoms with van der Waals surface area (Å²) in [6.45, 7) is 5.14. The number of aromatic nitrogens is 2. The first-order valence-electron chi connectivity index (χ1n) is 8.27. The normalized spacial score (nSPS) is 24.2. The molecule has 23 heavy (non-hydrogen) atoms. The molecule has 124 valence electrons. The Labute approximate surface area is 136 Å². The van der Waals surface area contributed by atoms with Crippen LogP contribution in [0.25, 0.3) is 11.0 Å². The minimum Gasteiger partial charge on any atom is -0.339 e. The van der Waals surface area contributed by atoms with Gasteiger partial charge in [0.1, 0.15) is 0 Å². The number of aromatic amines is 1. The molecule has 3 rings (SSSR count). The molecule has 1 aliphatic heterocycles. The van der Waals surface area contributed by atoms with Crippen molar-refractivity contribution in [2.24, 2.45) is 5.92 Å². The minimum absolute atomic E-state index is 0.0510. The smallest absolute Gasteiger partial charge is 0.289 e. The van der Waals surface area contributed by atoms with Gasteiger partial charge < -0.3 is 9.88 Å². The number of hydrogen-bond acceptors (Lipinski definition) is 4. The molecule has 1 aromatic heterocycles. The average molecular weight is 315 g/mol. The first-order chi connectivity index (χ1) is 11.1. The summed E-state index contributed by atoms with van der Waals surface area (Å²) in [6, 6.07) is 8.65. The summed E-state index contributed by atoms with van der Waals surface area (Å²) in [5.74, 6) is 0.967. The summed E-state index contributed by atoms with van der Waals surface area (Å²) in [6.07, 6.45) is 2.09. The summed E-state index contributed by atoms with van der Waals surface area (Å²) >= 11 is 0. The van der Waals surface area contributed by atoms with E-state index in [1.54, 1.807) is 4.90 Å². The number of amides is 1. The van der Waals surface area contributed by atoms with Crippen molar-refractivity contribution in [3.8, 4) is 0 Å². The van der Waals surface area contributed by atoms with Crippen LogP contribution in [0, 0.1) is 5.92 Å². The molecule has 1 fully saturated rings. The Morgan fingerprint density at radius 1 is 1.22 bits per heavy atom. The first-order valence-corrected chi connectivity index (χ1v) is 8.27. The van der Waals surface area contributed by atoms with Gasteiger partial charge in [0.15, 0.2) is 5.82 Å².